The Morgan fingerprint density at radius 3 is 2.48 bits per heavy atom. The van der Waals surface area contributed by atoms with Gasteiger partial charge in [0.15, 0.2) is 5.16 Å². The summed E-state index contributed by atoms with van der Waals surface area (Å²) in [5.74, 6) is -0.755. The number of esters is 1. The van der Waals surface area contributed by atoms with E-state index in [2.05, 4.69) is 4.98 Å². The van der Waals surface area contributed by atoms with Gasteiger partial charge in [0.25, 0.3) is 5.91 Å². The number of thioether (sulfide) groups is 1. The molecule has 0 unspecified atom stereocenters. The summed E-state index contributed by atoms with van der Waals surface area (Å²) in [6.07, 6.45) is 4.62. The molecular formula is C22H28N4O4S. The van der Waals surface area contributed by atoms with Gasteiger partial charge in [-0.2, -0.15) is 0 Å². The molecule has 0 N–H and O–H groups in total. The first-order valence-electron chi connectivity index (χ1n) is 10.3. The van der Waals surface area contributed by atoms with Crippen LogP contribution in [0, 0.1) is 5.92 Å². The van der Waals surface area contributed by atoms with E-state index in [9.17, 15) is 14.4 Å². The van der Waals surface area contributed by atoms with Crippen molar-refractivity contribution in [2.75, 3.05) is 39.5 Å². The van der Waals surface area contributed by atoms with E-state index in [0.29, 0.717) is 43.4 Å². The molecule has 0 atom stereocenters. The van der Waals surface area contributed by atoms with Crippen molar-refractivity contribution in [3.63, 3.8) is 0 Å². The number of hydrogen-bond acceptors (Lipinski definition) is 6. The number of carbonyl (C=O) groups excluding carboxylic acids is 3. The molecule has 166 valence electrons. The number of rotatable bonds is 7. The van der Waals surface area contributed by atoms with Crippen molar-refractivity contribution in [2.45, 2.75) is 24.9 Å². The highest BCUT2D eigenvalue weighted by molar-refractivity contribution is 7.98. The van der Waals surface area contributed by atoms with Gasteiger partial charge in [0, 0.05) is 25.8 Å². The number of nitrogens with zero attached hydrogens (tertiary/aromatic N) is 4. The molecule has 2 aromatic rings. The van der Waals surface area contributed by atoms with Gasteiger partial charge in [0.1, 0.15) is 5.69 Å². The van der Waals surface area contributed by atoms with Gasteiger partial charge in [-0.05, 0) is 38.2 Å². The summed E-state index contributed by atoms with van der Waals surface area (Å²) in [4.78, 5) is 45.3. The monoisotopic (exact) mass is 444 g/mol. The van der Waals surface area contributed by atoms with Crippen LogP contribution in [-0.4, -0.2) is 76.7 Å². The minimum atomic E-state index is -0.272. The van der Waals surface area contributed by atoms with E-state index in [1.165, 1.54) is 16.7 Å². The number of para-hydroxylation sites is 1. The van der Waals surface area contributed by atoms with Crippen LogP contribution in [0.25, 0.3) is 5.69 Å². The highest BCUT2D eigenvalue weighted by atomic mass is 32.2. The van der Waals surface area contributed by atoms with Gasteiger partial charge in [0.2, 0.25) is 5.91 Å². The molecule has 3 rings (SSSR count). The van der Waals surface area contributed by atoms with E-state index in [4.69, 9.17) is 4.74 Å². The minimum absolute atomic E-state index is 0.0303. The first-order valence-corrected chi connectivity index (χ1v) is 11.6. The number of ether oxygens (including phenoxy) is 1. The van der Waals surface area contributed by atoms with Crippen molar-refractivity contribution in [1.82, 2.24) is 19.4 Å². The van der Waals surface area contributed by atoms with Gasteiger partial charge in [-0.3, -0.25) is 19.0 Å². The van der Waals surface area contributed by atoms with Gasteiger partial charge in [-0.25, -0.2) is 4.98 Å². The molecule has 2 amide bonds. The Kier molecular flexibility index (Phi) is 7.73. The van der Waals surface area contributed by atoms with E-state index >= 15 is 0 Å². The van der Waals surface area contributed by atoms with Gasteiger partial charge in [-0.1, -0.05) is 30.0 Å². The summed E-state index contributed by atoms with van der Waals surface area (Å²) in [7, 11) is 1.62. The molecule has 1 aromatic heterocycles. The molecule has 0 saturated carbocycles. The largest absolute Gasteiger partial charge is 0.466 e. The van der Waals surface area contributed by atoms with Crippen LogP contribution in [0.2, 0.25) is 0 Å². The van der Waals surface area contributed by atoms with Gasteiger partial charge >= 0.3 is 5.97 Å². The molecule has 1 fully saturated rings. The standard InChI is InChI=1S/C22H28N4O4S/c1-4-30-21(29)16-10-12-25(13-11-16)19(27)15-24(2)20(28)18-14-23-22(31-3)26(18)17-8-6-5-7-9-17/h5-9,14,16H,4,10-13,15H2,1-3H3. The summed E-state index contributed by atoms with van der Waals surface area (Å²) < 4.78 is 6.88. The number of likely N-dealkylation sites (N-methyl/N-ethyl adjacent to an activating group) is 1. The van der Waals surface area contributed by atoms with Crippen molar-refractivity contribution < 1.29 is 19.1 Å². The van der Waals surface area contributed by atoms with E-state index in [0.717, 1.165) is 5.69 Å². The number of aromatic nitrogens is 2. The van der Waals surface area contributed by atoms with Gasteiger partial charge < -0.3 is 14.5 Å². The summed E-state index contributed by atoms with van der Waals surface area (Å²) in [5, 5.41) is 0.704. The van der Waals surface area contributed by atoms with Crippen molar-refractivity contribution in [2.24, 2.45) is 5.92 Å². The highest BCUT2D eigenvalue weighted by Gasteiger charge is 2.29. The zero-order valence-corrected chi connectivity index (χ0v) is 18.9. The molecule has 0 bridgehead atoms. The molecular weight excluding hydrogens is 416 g/mol. The second-order valence-electron chi connectivity index (χ2n) is 7.37. The molecule has 1 saturated heterocycles. The fourth-order valence-electron chi connectivity index (χ4n) is 3.65. The second-order valence-corrected chi connectivity index (χ2v) is 8.14. The van der Waals surface area contributed by atoms with Crippen LogP contribution in [0.15, 0.2) is 41.7 Å². The summed E-state index contributed by atoms with van der Waals surface area (Å²) in [6.45, 7) is 3.10. The lowest BCUT2D eigenvalue weighted by molar-refractivity contribution is -0.151. The lowest BCUT2D eigenvalue weighted by Gasteiger charge is -2.32. The van der Waals surface area contributed by atoms with E-state index < -0.39 is 0 Å². The van der Waals surface area contributed by atoms with Crippen LogP contribution >= 0.6 is 11.8 Å². The first-order chi connectivity index (χ1) is 15.0. The first kappa shape index (κ1) is 22.9. The number of imidazole rings is 1. The normalized spacial score (nSPS) is 14.4. The minimum Gasteiger partial charge on any atom is -0.466 e. The van der Waals surface area contributed by atoms with Crippen LogP contribution in [0.3, 0.4) is 0 Å². The molecule has 1 aliphatic heterocycles. The van der Waals surface area contributed by atoms with Crippen LogP contribution in [-0.2, 0) is 14.3 Å². The van der Waals surface area contributed by atoms with E-state index in [-0.39, 0.29) is 30.2 Å². The third kappa shape index (κ3) is 5.28. The van der Waals surface area contributed by atoms with E-state index in [1.807, 2.05) is 36.6 Å². The summed E-state index contributed by atoms with van der Waals surface area (Å²) in [6, 6.07) is 9.55. The number of carbonyl (C=O) groups is 3. The summed E-state index contributed by atoms with van der Waals surface area (Å²) >= 11 is 1.45. The lowest BCUT2D eigenvalue weighted by atomic mass is 9.97. The number of piperidine rings is 1. The molecule has 9 heteroatoms. The topological polar surface area (TPSA) is 84.7 Å². The van der Waals surface area contributed by atoms with Crippen molar-refractivity contribution in [3.05, 3.63) is 42.2 Å². The third-order valence-corrected chi connectivity index (χ3v) is 5.99. The Morgan fingerprint density at radius 1 is 1.19 bits per heavy atom. The maximum Gasteiger partial charge on any atom is 0.309 e. The Morgan fingerprint density at radius 2 is 1.87 bits per heavy atom. The van der Waals surface area contributed by atoms with Crippen LogP contribution in [0.1, 0.15) is 30.3 Å². The fourth-order valence-corrected chi connectivity index (χ4v) is 4.20. The van der Waals surface area contributed by atoms with Crippen LogP contribution in [0.5, 0.6) is 0 Å². The molecule has 1 aliphatic rings. The predicted octanol–water partition coefficient (Wildman–Crippen LogP) is 2.47. The highest BCUT2D eigenvalue weighted by Crippen LogP contribution is 2.23. The molecule has 0 aliphatic carbocycles. The predicted molar refractivity (Wildman–Crippen MR) is 118 cm³/mol. The Balaban J connectivity index is 1.65. The summed E-state index contributed by atoms with van der Waals surface area (Å²) in [5.41, 5.74) is 1.25. The van der Waals surface area contributed by atoms with Crippen LogP contribution < -0.4 is 0 Å². The Bertz CT molecular complexity index is 923. The molecule has 8 nitrogen and oxygen atoms in total. The average molecular weight is 445 g/mol. The number of amides is 2. The smallest absolute Gasteiger partial charge is 0.309 e. The molecule has 1 aromatic carbocycles. The third-order valence-electron chi connectivity index (χ3n) is 5.33. The fraction of sp³-hybridized carbons (Fsp3) is 0.455. The van der Waals surface area contributed by atoms with Crippen LogP contribution in [0.4, 0.5) is 0 Å². The zero-order chi connectivity index (χ0) is 22.4. The molecule has 0 spiro atoms. The maximum atomic E-state index is 13.1. The van der Waals surface area contributed by atoms with Crippen molar-refractivity contribution in [3.8, 4) is 5.69 Å². The van der Waals surface area contributed by atoms with E-state index in [1.54, 1.807) is 29.6 Å². The van der Waals surface area contributed by atoms with Crippen molar-refractivity contribution >= 4 is 29.5 Å². The SMILES string of the molecule is CCOC(=O)C1CCN(C(=O)CN(C)C(=O)c2cnc(SC)n2-c2ccccc2)CC1. The number of likely N-dealkylation sites (tertiary alicyclic amines) is 1. The Hall–Kier alpha value is -2.81. The lowest BCUT2D eigenvalue weighted by Crippen LogP contribution is -2.45. The average Bonchev–Trinajstić information content (AvgIpc) is 3.23. The van der Waals surface area contributed by atoms with Crippen molar-refractivity contribution in [1.29, 1.82) is 0 Å². The number of hydrogen-bond donors (Lipinski definition) is 0. The number of benzene rings is 1. The quantitative estimate of drug-likeness (QED) is 0.482. The molecule has 0 radical (unpaired) electrons. The zero-order valence-electron chi connectivity index (χ0n) is 18.1. The molecule has 2 heterocycles. The second kappa shape index (κ2) is 10.5. The molecule has 31 heavy (non-hydrogen) atoms. The maximum absolute atomic E-state index is 13.1. The van der Waals surface area contributed by atoms with Gasteiger partial charge in [0.05, 0.1) is 25.3 Å². The Labute approximate surface area is 186 Å². The van der Waals surface area contributed by atoms with Gasteiger partial charge in [-0.15, -0.1) is 0 Å².